The van der Waals surface area contributed by atoms with Crippen LogP contribution in [0.1, 0.15) is 29.8 Å². The van der Waals surface area contributed by atoms with E-state index in [0.29, 0.717) is 39.3 Å². The Morgan fingerprint density at radius 2 is 1.68 bits per heavy atom. The molecule has 0 saturated carbocycles. The molecule has 4 rings (SSSR count). The lowest BCUT2D eigenvalue weighted by Crippen LogP contribution is -2.48. The fourth-order valence-corrected chi connectivity index (χ4v) is 5.80. The zero-order valence-electron chi connectivity index (χ0n) is 19.2. The minimum absolute atomic E-state index is 0. The third-order valence-electron chi connectivity index (χ3n) is 6.01. The molecule has 2 aromatic rings. The van der Waals surface area contributed by atoms with Crippen LogP contribution in [0, 0.1) is 0 Å². The zero-order chi connectivity index (χ0) is 23.6. The van der Waals surface area contributed by atoms with Crippen LogP contribution in [0.4, 0.5) is 0 Å². The number of sulfonamides is 1. The van der Waals surface area contributed by atoms with Crippen LogP contribution in [-0.2, 0) is 16.6 Å². The molecule has 1 saturated heterocycles. The number of hydrogen-bond donors (Lipinski definition) is 0. The van der Waals surface area contributed by atoms with Crippen molar-refractivity contribution >= 4 is 39.9 Å². The van der Waals surface area contributed by atoms with E-state index in [1.165, 1.54) is 22.5 Å². The van der Waals surface area contributed by atoms with Crippen LogP contribution in [0.2, 0.25) is 5.02 Å². The molecule has 0 atom stereocenters. The van der Waals surface area contributed by atoms with Crippen molar-refractivity contribution in [3.8, 4) is 11.5 Å². The number of benzene rings is 2. The van der Waals surface area contributed by atoms with Gasteiger partial charge >= 0.3 is 0 Å². The van der Waals surface area contributed by atoms with Crippen molar-refractivity contribution in [1.29, 1.82) is 0 Å². The van der Waals surface area contributed by atoms with Crippen LogP contribution in [0.3, 0.4) is 0 Å². The Balaban J connectivity index is 0.00000324. The molecule has 1 fully saturated rings. The standard InChI is InChI=1S/C23H28ClN3O5S.ClH/c1-3-27(4-2)33(29,30)18-6-7-20(24)19(14-18)23(28)26-11-9-25(10-12-26)15-17-5-8-21-22(13-17)32-16-31-21;/h5-8,13-14H,3-4,9-12,15-16H2,1-2H3;1H. The van der Waals surface area contributed by atoms with Gasteiger partial charge in [-0.2, -0.15) is 4.31 Å². The maximum Gasteiger partial charge on any atom is 0.255 e. The average Bonchev–Trinajstić information content (AvgIpc) is 3.28. The summed E-state index contributed by atoms with van der Waals surface area (Å²) in [5.74, 6) is 1.27. The summed E-state index contributed by atoms with van der Waals surface area (Å²) in [7, 11) is -3.68. The first kappa shape index (κ1) is 26.6. The van der Waals surface area contributed by atoms with Crippen LogP contribution >= 0.6 is 24.0 Å². The summed E-state index contributed by atoms with van der Waals surface area (Å²) in [6.07, 6.45) is 0. The Kier molecular flexibility index (Phi) is 8.70. The number of piperazine rings is 1. The van der Waals surface area contributed by atoms with Crippen LogP contribution in [0.15, 0.2) is 41.3 Å². The summed E-state index contributed by atoms with van der Waals surface area (Å²) in [6.45, 7) is 7.75. The average molecular weight is 530 g/mol. The first-order chi connectivity index (χ1) is 15.8. The van der Waals surface area contributed by atoms with E-state index in [9.17, 15) is 13.2 Å². The topological polar surface area (TPSA) is 79.4 Å². The number of nitrogens with zero attached hydrogens (tertiary/aromatic N) is 3. The Bertz CT molecular complexity index is 1130. The second-order valence-corrected chi connectivity index (χ2v) is 10.3. The molecular weight excluding hydrogens is 501 g/mol. The Morgan fingerprint density at radius 3 is 2.35 bits per heavy atom. The summed E-state index contributed by atoms with van der Waals surface area (Å²) >= 11 is 6.30. The van der Waals surface area contributed by atoms with Crippen molar-refractivity contribution in [2.75, 3.05) is 46.1 Å². The van der Waals surface area contributed by atoms with E-state index in [4.69, 9.17) is 21.1 Å². The first-order valence-electron chi connectivity index (χ1n) is 11.0. The van der Waals surface area contributed by atoms with Gasteiger partial charge in [-0.1, -0.05) is 31.5 Å². The minimum atomic E-state index is -3.68. The van der Waals surface area contributed by atoms with Crippen LogP contribution in [0.25, 0.3) is 0 Å². The number of fused-ring (bicyclic) bond motifs is 1. The Morgan fingerprint density at radius 1 is 1.00 bits per heavy atom. The largest absolute Gasteiger partial charge is 0.454 e. The number of ether oxygens (including phenoxy) is 2. The van der Waals surface area contributed by atoms with Gasteiger partial charge in [-0.25, -0.2) is 8.42 Å². The van der Waals surface area contributed by atoms with E-state index in [2.05, 4.69) is 4.90 Å². The molecule has 34 heavy (non-hydrogen) atoms. The second-order valence-electron chi connectivity index (χ2n) is 7.99. The number of carbonyl (C=O) groups is 1. The molecule has 0 spiro atoms. The third kappa shape index (κ3) is 5.44. The minimum Gasteiger partial charge on any atom is -0.454 e. The lowest BCUT2D eigenvalue weighted by Gasteiger charge is -2.35. The van der Waals surface area contributed by atoms with Gasteiger partial charge in [0.25, 0.3) is 5.91 Å². The molecule has 1 amide bonds. The predicted octanol–water partition coefficient (Wildman–Crippen LogP) is 3.48. The third-order valence-corrected chi connectivity index (χ3v) is 8.39. The van der Waals surface area contributed by atoms with Gasteiger partial charge in [0.05, 0.1) is 15.5 Å². The highest BCUT2D eigenvalue weighted by molar-refractivity contribution is 7.89. The van der Waals surface area contributed by atoms with Crippen molar-refractivity contribution in [3.05, 3.63) is 52.5 Å². The summed E-state index contributed by atoms with van der Waals surface area (Å²) in [5, 5.41) is 0.251. The lowest BCUT2D eigenvalue weighted by atomic mass is 10.1. The quantitative estimate of drug-likeness (QED) is 0.546. The van der Waals surface area contributed by atoms with Crippen molar-refractivity contribution in [2.24, 2.45) is 0 Å². The Labute approximate surface area is 211 Å². The SMILES string of the molecule is CCN(CC)S(=O)(=O)c1ccc(Cl)c(C(=O)N2CCN(Cc3ccc4c(c3)OCO4)CC2)c1.Cl. The van der Waals surface area contributed by atoms with E-state index in [-0.39, 0.29) is 40.6 Å². The first-order valence-corrected chi connectivity index (χ1v) is 12.8. The summed E-state index contributed by atoms with van der Waals surface area (Å²) in [6, 6.07) is 10.3. The number of amides is 1. The molecular formula is C23H29Cl2N3O5S. The fraction of sp³-hybridized carbons (Fsp3) is 0.435. The summed E-state index contributed by atoms with van der Waals surface area (Å²) < 4.78 is 37.9. The van der Waals surface area contributed by atoms with E-state index in [1.807, 2.05) is 18.2 Å². The van der Waals surface area contributed by atoms with Gasteiger partial charge in [-0.05, 0) is 35.9 Å². The molecule has 2 aliphatic rings. The molecule has 2 aliphatic heterocycles. The molecule has 186 valence electrons. The summed E-state index contributed by atoms with van der Waals surface area (Å²) in [4.78, 5) is 17.3. The highest BCUT2D eigenvalue weighted by atomic mass is 35.5. The Hall–Kier alpha value is -2.04. The van der Waals surface area contributed by atoms with Crippen LogP contribution in [0.5, 0.6) is 11.5 Å². The van der Waals surface area contributed by atoms with Crippen LogP contribution in [-0.4, -0.2) is 74.5 Å². The van der Waals surface area contributed by atoms with Gasteiger partial charge in [0.15, 0.2) is 11.5 Å². The van der Waals surface area contributed by atoms with E-state index in [1.54, 1.807) is 18.7 Å². The van der Waals surface area contributed by atoms with Crippen molar-refractivity contribution in [1.82, 2.24) is 14.1 Å². The fourth-order valence-electron chi connectivity index (χ4n) is 4.12. The number of halogens is 2. The van der Waals surface area contributed by atoms with E-state index in [0.717, 1.165) is 23.6 Å². The van der Waals surface area contributed by atoms with Gasteiger partial charge in [-0.15, -0.1) is 12.4 Å². The molecule has 11 heteroatoms. The number of carbonyl (C=O) groups excluding carboxylic acids is 1. The highest BCUT2D eigenvalue weighted by Gasteiger charge is 2.27. The smallest absolute Gasteiger partial charge is 0.255 e. The molecule has 2 aromatic carbocycles. The van der Waals surface area contributed by atoms with E-state index >= 15 is 0 Å². The monoisotopic (exact) mass is 529 g/mol. The van der Waals surface area contributed by atoms with Crippen molar-refractivity contribution in [2.45, 2.75) is 25.3 Å². The van der Waals surface area contributed by atoms with Gasteiger partial charge in [0.1, 0.15) is 0 Å². The van der Waals surface area contributed by atoms with Crippen molar-refractivity contribution < 1.29 is 22.7 Å². The molecule has 2 heterocycles. The molecule has 8 nitrogen and oxygen atoms in total. The molecule has 0 N–H and O–H groups in total. The summed E-state index contributed by atoms with van der Waals surface area (Å²) in [5.41, 5.74) is 1.34. The van der Waals surface area contributed by atoms with E-state index < -0.39 is 10.0 Å². The maximum atomic E-state index is 13.2. The van der Waals surface area contributed by atoms with Gasteiger partial charge in [0.2, 0.25) is 16.8 Å². The molecule has 0 aliphatic carbocycles. The molecule has 0 bridgehead atoms. The predicted molar refractivity (Wildman–Crippen MR) is 133 cm³/mol. The highest BCUT2D eigenvalue weighted by Crippen LogP contribution is 2.33. The molecule has 0 radical (unpaired) electrons. The molecule has 0 unspecified atom stereocenters. The number of hydrogen-bond acceptors (Lipinski definition) is 6. The van der Waals surface area contributed by atoms with Crippen molar-refractivity contribution in [3.63, 3.8) is 0 Å². The van der Waals surface area contributed by atoms with Crippen LogP contribution < -0.4 is 9.47 Å². The van der Waals surface area contributed by atoms with Gasteiger partial charge in [0, 0.05) is 45.8 Å². The van der Waals surface area contributed by atoms with Gasteiger partial charge < -0.3 is 14.4 Å². The van der Waals surface area contributed by atoms with Gasteiger partial charge in [-0.3, -0.25) is 9.69 Å². The number of rotatable bonds is 7. The normalized spacial score (nSPS) is 15.9. The molecule has 0 aromatic heterocycles. The second kappa shape index (κ2) is 11.1. The zero-order valence-corrected chi connectivity index (χ0v) is 21.6. The lowest BCUT2D eigenvalue weighted by molar-refractivity contribution is 0.0628. The maximum absolute atomic E-state index is 13.2.